The Morgan fingerprint density at radius 2 is 0.270 bits per heavy atom. The Kier molecular flexibility index (Phi) is 20.8. The first-order valence-corrected chi connectivity index (χ1v) is 25.1. The molecule has 63 heavy (non-hydrogen) atoms. The van der Waals surface area contributed by atoms with Gasteiger partial charge >= 0.3 is 22.4 Å². The molecule has 0 spiro atoms. The number of halogens is 1. The van der Waals surface area contributed by atoms with Gasteiger partial charge in [-0.1, -0.05) is 273 Å². The molecule has 0 aliphatic carbocycles. The Labute approximate surface area is 393 Å². The van der Waals surface area contributed by atoms with Gasteiger partial charge in [-0.05, 0) is 71.5 Å². The molecule has 0 aliphatic rings. The molecule has 4 nitrogen and oxygen atoms in total. The van der Waals surface area contributed by atoms with Crippen LogP contribution >= 0.6 is 23.8 Å². The van der Waals surface area contributed by atoms with Crippen LogP contribution in [0.1, 0.15) is 0 Å². The van der Waals surface area contributed by atoms with Gasteiger partial charge in [0.15, 0.2) is 0 Å². The second-order valence-corrected chi connectivity index (χ2v) is 20.8. The predicted octanol–water partition coefficient (Wildman–Crippen LogP) is 5.58. The minimum atomic E-state index is -4.94. The van der Waals surface area contributed by atoms with E-state index >= 15 is 0 Å². The molecule has 0 aliphatic heterocycles. The Hall–Kier alpha value is -4.86. The molecule has 0 saturated heterocycles. The Morgan fingerprint density at radius 1 is 0.190 bits per heavy atom. The smallest absolute Gasteiger partial charge is 0.222 e. The van der Waals surface area contributed by atoms with E-state index in [1.807, 2.05) is 0 Å². The quantitative estimate of drug-likeness (QED) is 0.140. The molecule has 9 aromatic rings. The molecular formula is C54H45AgClO4P3. The van der Waals surface area contributed by atoms with E-state index in [9.17, 15) is 0 Å². The van der Waals surface area contributed by atoms with Crippen molar-refractivity contribution in [2.45, 2.75) is 0 Å². The van der Waals surface area contributed by atoms with E-state index < -0.39 is 34.0 Å². The maximum absolute atomic E-state index is 8.49. The van der Waals surface area contributed by atoms with Crippen molar-refractivity contribution >= 4 is 71.5 Å². The van der Waals surface area contributed by atoms with Gasteiger partial charge in [-0.3, -0.25) is 0 Å². The van der Waals surface area contributed by atoms with Crippen LogP contribution in [0.3, 0.4) is 0 Å². The zero-order chi connectivity index (χ0) is 43.2. The Morgan fingerprint density at radius 3 is 0.349 bits per heavy atom. The molecule has 0 fully saturated rings. The normalized spacial score (nSPS) is 10.5. The fourth-order valence-electron chi connectivity index (χ4n) is 6.54. The van der Waals surface area contributed by atoms with Gasteiger partial charge in [0, 0.05) is 0 Å². The zero-order valence-electron chi connectivity index (χ0n) is 34.1. The van der Waals surface area contributed by atoms with Crippen LogP contribution in [0.4, 0.5) is 0 Å². The van der Waals surface area contributed by atoms with Gasteiger partial charge in [0.1, 0.15) is 0 Å². The van der Waals surface area contributed by atoms with Crippen molar-refractivity contribution in [1.82, 2.24) is 0 Å². The molecule has 0 N–H and O–H groups in total. The summed E-state index contributed by atoms with van der Waals surface area (Å²) in [5.41, 5.74) is 0. The summed E-state index contributed by atoms with van der Waals surface area (Å²) >= 11 is 0. The molecule has 9 heteroatoms. The molecule has 0 unspecified atom stereocenters. The monoisotopic (exact) mass is 992 g/mol. The van der Waals surface area contributed by atoms with E-state index in [0.29, 0.717) is 0 Å². The second-order valence-electron chi connectivity index (χ2n) is 13.4. The molecule has 0 amide bonds. The number of rotatable bonds is 9. The van der Waals surface area contributed by atoms with E-state index in [1.165, 1.54) is 47.7 Å². The van der Waals surface area contributed by atoms with Crippen LogP contribution in [-0.4, -0.2) is 0 Å². The fourth-order valence-corrected chi connectivity index (χ4v) is 13.5. The molecule has 318 valence electrons. The van der Waals surface area contributed by atoms with Gasteiger partial charge in [-0.15, -0.1) is 10.2 Å². The molecular weight excluding hydrogens is 949 g/mol. The molecule has 0 atom stereocenters. The van der Waals surface area contributed by atoms with Gasteiger partial charge in [0.2, 0.25) is 0 Å². The van der Waals surface area contributed by atoms with Crippen LogP contribution in [-0.2, 0) is 22.4 Å². The predicted molar refractivity (Wildman–Crippen MR) is 255 cm³/mol. The van der Waals surface area contributed by atoms with E-state index in [-0.39, 0.29) is 22.4 Å². The van der Waals surface area contributed by atoms with Gasteiger partial charge < -0.3 is 0 Å². The number of hydrogen-bond acceptors (Lipinski definition) is 4. The topological polar surface area (TPSA) is 92.2 Å². The van der Waals surface area contributed by atoms with Gasteiger partial charge in [0.25, 0.3) is 0 Å². The average molecular weight is 994 g/mol. The summed E-state index contributed by atoms with van der Waals surface area (Å²) < 4.78 is 34.0. The van der Waals surface area contributed by atoms with Crippen LogP contribution in [0, 0.1) is 10.2 Å². The third-order valence-electron chi connectivity index (χ3n) is 9.13. The summed E-state index contributed by atoms with van der Waals surface area (Å²) in [5.74, 6) is 0. The van der Waals surface area contributed by atoms with E-state index in [1.54, 1.807) is 0 Å². The summed E-state index contributed by atoms with van der Waals surface area (Å²) in [6, 6.07) is 97.0. The van der Waals surface area contributed by atoms with Crippen molar-refractivity contribution in [3.63, 3.8) is 0 Å². The number of benzene rings is 9. The minimum Gasteiger partial charge on any atom is -0.222 e. The van der Waals surface area contributed by atoms with Gasteiger partial charge in [0.05, 0.1) is 0 Å². The Balaban J connectivity index is 0.000000168. The van der Waals surface area contributed by atoms with E-state index in [2.05, 4.69) is 273 Å². The second kappa shape index (κ2) is 26.7. The summed E-state index contributed by atoms with van der Waals surface area (Å²) in [5, 5.41) is 12.6. The largest absolute Gasteiger partial charge is 1.00 e. The summed E-state index contributed by atoms with van der Waals surface area (Å²) in [4.78, 5) is 0. The van der Waals surface area contributed by atoms with Crippen molar-refractivity contribution in [3.05, 3.63) is 273 Å². The third kappa shape index (κ3) is 16.3. The maximum Gasteiger partial charge on any atom is 1.00 e. The summed E-state index contributed by atoms with van der Waals surface area (Å²) in [6.07, 6.45) is 0. The first-order chi connectivity index (χ1) is 30.3. The van der Waals surface area contributed by atoms with Crippen LogP contribution in [0.25, 0.3) is 0 Å². The first-order valence-electron chi connectivity index (χ1n) is 19.8. The van der Waals surface area contributed by atoms with Crippen LogP contribution in [0.5, 0.6) is 0 Å². The Bertz CT molecular complexity index is 1980. The standard InChI is InChI=1S/3C18H15P.Ag.ClHO4/c3*1-4-10-16(11-5-1)19(17-12-6-2-7-13-17)18-14-8-3-9-15-18;;2-1(3,4)5/h3*1-15H;;(H,2,3,4,5)/q;;;+1;/p-1. The zero-order valence-corrected chi connectivity index (χ0v) is 39.1. The minimum absolute atomic E-state index is 0. The summed E-state index contributed by atoms with van der Waals surface area (Å²) in [7, 11) is -6.28. The number of hydrogen-bond donors (Lipinski definition) is 0. The van der Waals surface area contributed by atoms with Crippen molar-refractivity contribution in [3.8, 4) is 0 Å². The van der Waals surface area contributed by atoms with Crippen molar-refractivity contribution < 1.29 is 51.3 Å². The molecule has 0 saturated carbocycles. The van der Waals surface area contributed by atoms with Gasteiger partial charge in [-0.2, -0.15) is 0 Å². The fraction of sp³-hybridized carbons (Fsp3) is 0. The van der Waals surface area contributed by atoms with Crippen molar-refractivity contribution in [2.24, 2.45) is 0 Å². The van der Waals surface area contributed by atoms with Crippen LogP contribution in [0.2, 0.25) is 0 Å². The van der Waals surface area contributed by atoms with Crippen molar-refractivity contribution in [1.29, 1.82) is 0 Å². The molecule has 0 bridgehead atoms. The molecule has 9 aromatic carbocycles. The molecule has 0 radical (unpaired) electrons. The van der Waals surface area contributed by atoms with Gasteiger partial charge in [-0.25, -0.2) is 18.6 Å². The summed E-state index contributed by atoms with van der Waals surface area (Å²) in [6.45, 7) is 0. The average Bonchev–Trinajstić information content (AvgIpc) is 3.32. The maximum atomic E-state index is 8.49. The van der Waals surface area contributed by atoms with E-state index in [4.69, 9.17) is 18.6 Å². The molecule has 0 aromatic heterocycles. The third-order valence-corrected chi connectivity index (χ3v) is 16.5. The SMILES string of the molecule is [Ag+].[O-][Cl+3]([O-])([O-])[O-].c1ccc(P(c2ccccc2)c2ccccc2)cc1.c1ccc(P(c2ccccc2)c2ccccc2)cc1.c1ccc(P(c2ccccc2)c2ccccc2)cc1. The van der Waals surface area contributed by atoms with Crippen LogP contribution < -0.4 is 66.4 Å². The van der Waals surface area contributed by atoms with Crippen molar-refractivity contribution in [2.75, 3.05) is 0 Å². The first kappa shape index (κ1) is 49.2. The molecule has 9 rings (SSSR count). The molecule has 0 heterocycles. The van der Waals surface area contributed by atoms with E-state index in [0.717, 1.165) is 0 Å². The van der Waals surface area contributed by atoms with Crippen LogP contribution in [0.15, 0.2) is 273 Å².